The lowest BCUT2D eigenvalue weighted by atomic mass is 9.87. The lowest BCUT2D eigenvalue weighted by molar-refractivity contribution is 0.413. The Kier molecular flexibility index (Phi) is 4.74. The fourth-order valence-electron chi connectivity index (χ4n) is 2.52. The van der Waals surface area contributed by atoms with Crippen LogP contribution in [0.4, 0.5) is 5.69 Å². The molecule has 0 radical (unpaired) electrons. The number of ether oxygens (including phenoxy) is 1. The maximum Gasteiger partial charge on any atom is 0.251 e. The molecular formula is C20H23N3O2. The van der Waals surface area contributed by atoms with E-state index in [0.29, 0.717) is 24.1 Å². The quantitative estimate of drug-likeness (QED) is 0.734. The van der Waals surface area contributed by atoms with E-state index in [0.717, 1.165) is 11.3 Å². The number of aromatic nitrogens is 2. The molecule has 3 rings (SSSR count). The van der Waals surface area contributed by atoms with E-state index < -0.39 is 0 Å². The summed E-state index contributed by atoms with van der Waals surface area (Å²) in [7, 11) is 1.62. The summed E-state index contributed by atoms with van der Waals surface area (Å²) < 4.78 is 11.1. The fraction of sp³-hybridized carbons (Fsp3) is 0.300. The first-order chi connectivity index (χ1) is 12.0. The molecule has 0 amide bonds. The third kappa shape index (κ3) is 3.99. The van der Waals surface area contributed by atoms with Gasteiger partial charge in [-0.2, -0.15) is 0 Å². The highest BCUT2D eigenvalue weighted by Crippen LogP contribution is 2.28. The first-order valence-corrected chi connectivity index (χ1v) is 8.27. The van der Waals surface area contributed by atoms with Crippen molar-refractivity contribution in [3.05, 3.63) is 60.0 Å². The molecule has 0 aliphatic rings. The molecule has 0 fully saturated rings. The van der Waals surface area contributed by atoms with Crippen LogP contribution in [0.2, 0.25) is 0 Å². The largest absolute Gasteiger partial charge is 0.496 e. The van der Waals surface area contributed by atoms with Crippen molar-refractivity contribution in [2.24, 2.45) is 0 Å². The Morgan fingerprint density at radius 2 is 1.72 bits per heavy atom. The topological polar surface area (TPSA) is 60.2 Å². The molecule has 0 aliphatic carbocycles. The molecule has 130 valence electrons. The zero-order valence-electron chi connectivity index (χ0n) is 15.0. The average Bonchev–Trinajstić information content (AvgIpc) is 3.08. The van der Waals surface area contributed by atoms with Crippen molar-refractivity contribution in [1.29, 1.82) is 0 Å². The standard InChI is InChI=1S/C20H23N3O2/c1-20(2,3)14-9-11-15(12-10-14)21-13-18-22-23-19(25-18)16-7-5-6-8-17(16)24-4/h5-12,21H,13H2,1-4H3. The van der Waals surface area contributed by atoms with Crippen LogP contribution in [0, 0.1) is 0 Å². The molecule has 25 heavy (non-hydrogen) atoms. The fourth-order valence-corrected chi connectivity index (χ4v) is 2.52. The highest BCUT2D eigenvalue weighted by molar-refractivity contribution is 5.62. The molecule has 5 heteroatoms. The van der Waals surface area contributed by atoms with Crippen LogP contribution in [0.1, 0.15) is 32.2 Å². The van der Waals surface area contributed by atoms with Crippen molar-refractivity contribution in [2.75, 3.05) is 12.4 Å². The van der Waals surface area contributed by atoms with Gasteiger partial charge in [-0.3, -0.25) is 0 Å². The van der Waals surface area contributed by atoms with Gasteiger partial charge in [-0.15, -0.1) is 10.2 Å². The Balaban J connectivity index is 1.68. The molecule has 0 atom stereocenters. The zero-order chi connectivity index (χ0) is 17.9. The number of methoxy groups -OCH3 is 1. The van der Waals surface area contributed by atoms with E-state index in [2.05, 4.69) is 60.6 Å². The minimum atomic E-state index is 0.147. The summed E-state index contributed by atoms with van der Waals surface area (Å²) in [5.74, 6) is 1.70. The average molecular weight is 337 g/mol. The Labute approximate surface area is 148 Å². The summed E-state index contributed by atoms with van der Waals surface area (Å²) in [6.45, 7) is 7.07. The summed E-state index contributed by atoms with van der Waals surface area (Å²) in [5.41, 5.74) is 3.26. The van der Waals surface area contributed by atoms with Gasteiger partial charge in [0.15, 0.2) is 0 Å². The minimum absolute atomic E-state index is 0.147. The molecule has 0 saturated carbocycles. The Morgan fingerprint density at radius 3 is 2.40 bits per heavy atom. The van der Waals surface area contributed by atoms with Crippen LogP contribution in [-0.4, -0.2) is 17.3 Å². The third-order valence-electron chi connectivity index (χ3n) is 4.00. The third-order valence-corrected chi connectivity index (χ3v) is 4.00. The molecule has 0 spiro atoms. The van der Waals surface area contributed by atoms with Gasteiger partial charge < -0.3 is 14.5 Å². The number of nitrogens with one attached hydrogen (secondary N) is 1. The molecule has 2 aromatic carbocycles. The zero-order valence-corrected chi connectivity index (χ0v) is 15.0. The highest BCUT2D eigenvalue weighted by atomic mass is 16.5. The second-order valence-corrected chi connectivity index (χ2v) is 6.88. The van der Waals surface area contributed by atoms with Crippen LogP contribution in [0.5, 0.6) is 5.75 Å². The van der Waals surface area contributed by atoms with Crippen LogP contribution < -0.4 is 10.1 Å². The van der Waals surface area contributed by atoms with E-state index in [1.165, 1.54) is 5.56 Å². The smallest absolute Gasteiger partial charge is 0.251 e. The second kappa shape index (κ2) is 6.97. The van der Waals surface area contributed by atoms with E-state index in [4.69, 9.17) is 9.15 Å². The van der Waals surface area contributed by atoms with Gasteiger partial charge in [0.2, 0.25) is 5.89 Å². The van der Waals surface area contributed by atoms with E-state index >= 15 is 0 Å². The number of hydrogen-bond donors (Lipinski definition) is 1. The van der Waals surface area contributed by atoms with Crippen molar-refractivity contribution in [3.8, 4) is 17.2 Å². The van der Waals surface area contributed by atoms with Gasteiger partial charge in [0.05, 0.1) is 19.2 Å². The molecular weight excluding hydrogens is 314 g/mol. The molecule has 0 aliphatic heterocycles. The SMILES string of the molecule is COc1ccccc1-c1nnc(CNc2ccc(C(C)(C)C)cc2)o1. The number of hydrogen-bond acceptors (Lipinski definition) is 5. The van der Waals surface area contributed by atoms with Gasteiger partial charge in [-0.1, -0.05) is 45.0 Å². The van der Waals surface area contributed by atoms with Gasteiger partial charge in [0.25, 0.3) is 5.89 Å². The first-order valence-electron chi connectivity index (χ1n) is 8.27. The van der Waals surface area contributed by atoms with Crippen molar-refractivity contribution < 1.29 is 9.15 Å². The highest BCUT2D eigenvalue weighted by Gasteiger charge is 2.14. The van der Waals surface area contributed by atoms with E-state index in [-0.39, 0.29) is 5.41 Å². The maximum absolute atomic E-state index is 5.75. The number of nitrogens with zero attached hydrogens (tertiary/aromatic N) is 2. The van der Waals surface area contributed by atoms with Crippen molar-refractivity contribution in [2.45, 2.75) is 32.7 Å². The van der Waals surface area contributed by atoms with Gasteiger partial charge in [0, 0.05) is 5.69 Å². The summed E-state index contributed by atoms with van der Waals surface area (Å²) in [5, 5.41) is 11.5. The maximum atomic E-state index is 5.75. The first kappa shape index (κ1) is 17.0. The molecule has 1 N–H and O–H groups in total. The van der Waals surface area contributed by atoms with Crippen LogP contribution in [0.15, 0.2) is 52.9 Å². The van der Waals surface area contributed by atoms with Gasteiger partial charge in [-0.25, -0.2) is 0 Å². The minimum Gasteiger partial charge on any atom is -0.496 e. The van der Waals surface area contributed by atoms with E-state index in [1.807, 2.05) is 24.3 Å². The summed E-state index contributed by atoms with van der Waals surface area (Å²) in [6, 6.07) is 16.0. The van der Waals surface area contributed by atoms with Crippen LogP contribution in [0.25, 0.3) is 11.5 Å². The molecule has 0 bridgehead atoms. The van der Waals surface area contributed by atoms with Crippen molar-refractivity contribution in [3.63, 3.8) is 0 Å². The van der Waals surface area contributed by atoms with Crippen molar-refractivity contribution in [1.82, 2.24) is 10.2 Å². The Bertz CT molecular complexity index is 833. The summed E-state index contributed by atoms with van der Waals surface area (Å²) >= 11 is 0. The summed E-state index contributed by atoms with van der Waals surface area (Å²) in [4.78, 5) is 0. The molecule has 3 aromatic rings. The van der Waals surface area contributed by atoms with Gasteiger partial charge in [-0.05, 0) is 35.2 Å². The molecule has 1 aromatic heterocycles. The van der Waals surface area contributed by atoms with E-state index in [9.17, 15) is 0 Å². The molecule has 0 saturated heterocycles. The molecule has 0 unspecified atom stereocenters. The number of para-hydroxylation sites is 1. The molecule has 5 nitrogen and oxygen atoms in total. The monoisotopic (exact) mass is 337 g/mol. The lowest BCUT2D eigenvalue weighted by Crippen LogP contribution is -2.10. The summed E-state index contributed by atoms with van der Waals surface area (Å²) in [6.07, 6.45) is 0. The Morgan fingerprint density at radius 1 is 1.00 bits per heavy atom. The van der Waals surface area contributed by atoms with Gasteiger partial charge in [0.1, 0.15) is 5.75 Å². The molecule has 1 heterocycles. The number of benzene rings is 2. The van der Waals surface area contributed by atoms with Crippen LogP contribution >= 0.6 is 0 Å². The van der Waals surface area contributed by atoms with Crippen LogP contribution in [-0.2, 0) is 12.0 Å². The second-order valence-electron chi connectivity index (χ2n) is 6.88. The Hall–Kier alpha value is -2.82. The predicted octanol–water partition coefficient (Wildman–Crippen LogP) is 4.65. The number of rotatable bonds is 5. The normalized spacial score (nSPS) is 11.4. The van der Waals surface area contributed by atoms with Gasteiger partial charge >= 0.3 is 0 Å². The van der Waals surface area contributed by atoms with E-state index in [1.54, 1.807) is 7.11 Å². The lowest BCUT2D eigenvalue weighted by Gasteiger charge is -2.19. The predicted molar refractivity (Wildman–Crippen MR) is 98.8 cm³/mol. The number of anilines is 1. The van der Waals surface area contributed by atoms with Crippen molar-refractivity contribution >= 4 is 5.69 Å². The van der Waals surface area contributed by atoms with Crippen LogP contribution in [0.3, 0.4) is 0 Å².